The van der Waals surface area contributed by atoms with Gasteiger partial charge in [-0.2, -0.15) is 0 Å². The molecule has 1 aliphatic carbocycles. The molecule has 1 saturated carbocycles. The Labute approximate surface area is 129 Å². The molecular formula is C17H19NO4. The van der Waals surface area contributed by atoms with Crippen molar-refractivity contribution >= 4 is 23.5 Å². The van der Waals surface area contributed by atoms with Crippen molar-refractivity contribution in [2.24, 2.45) is 11.3 Å². The van der Waals surface area contributed by atoms with Gasteiger partial charge >= 0.3 is 5.97 Å². The van der Waals surface area contributed by atoms with Crippen molar-refractivity contribution in [3.8, 4) is 0 Å². The summed E-state index contributed by atoms with van der Waals surface area (Å²) < 4.78 is 5.37. The van der Waals surface area contributed by atoms with Crippen molar-refractivity contribution in [3.63, 3.8) is 0 Å². The van der Waals surface area contributed by atoms with Gasteiger partial charge in [-0.1, -0.05) is 18.2 Å². The van der Waals surface area contributed by atoms with E-state index in [0.717, 1.165) is 6.42 Å². The number of carbonyl (C=O) groups is 3. The van der Waals surface area contributed by atoms with Crippen LogP contribution in [0.2, 0.25) is 0 Å². The van der Waals surface area contributed by atoms with E-state index in [1.54, 1.807) is 31.2 Å². The average molecular weight is 301 g/mol. The van der Waals surface area contributed by atoms with E-state index in [9.17, 15) is 14.4 Å². The number of amides is 2. The number of imide groups is 1. The lowest BCUT2D eigenvalue weighted by molar-refractivity contribution is -0.163. The molecule has 5 heteroatoms. The van der Waals surface area contributed by atoms with E-state index in [1.807, 2.05) is 6.07 Å². The first-order valence-corrected chi connectivity index (χ1v) is 7.57. The summed E-state index contributed by atoms with van der Waals surface area (Å²) in [6.07, 6.45) is 1.52. The van der Waals surface area contributed by atoms with Crippen molar-refractivity contribution in [1.82, 2.24) is 0 Å². The topological polar surface area (TPSA) is 63.7 Å². The molecular weight excluding hydrogens is 282 g/mol. The summed E-state index contributed by atoms with van der Waals surface area (Å²) in [4.78, 5) is 38.3. The van der Waals surface area contributed by atoms with E-state index >= 15 is 0 Å². The summed E-state index contributed by atoms with van der Waals surface area (Å²) in [5.41, 5.74) is -0.383. The fourth-order valence-corrected chi connectivity index (χ4v) is 3.70. The number of fused-ring (bicyclic) bond motifs is 1. The molecule has 1 aromatic rings. The van der Waals surface area contributed by atoms with E-state index in [2.05, 4.69) is 0 Å². The highest BCUT2D eigenvalue weighted by Gasteiger charge is 2.62. The summed E-state index contributed by atoms with van der Waals surface area (Å²) in [6.45, 7) is 3.09. The number of rotatable bonds is 2. The molecule has 2 fully saturated rings. The average Bonchev–Trinajstić information content (AvgIpc) is 2.69. The number of anilines is 1. The Morgan fingerprint density at radius 1 is 1.23 bits per heavy atom. The lowest BCUT2D eigenvalue weighted by Crippen LogP contribution is -2.48. The van der Waals surface area contributed by atoms with Crippen LogP contribution in [-0.2, 0) is 19.1 Å². The van der Waals surface area contributed by atoms with Gasteiger partial charge in [0.1, 0.15) is 6.10 Å². The normalized spacial score (nSPS) is 31.1. The van der Waals surface area contributed by atoms with Crippen LogP contribution in [0.25, 0.3) is 0 Å². The number of benzene rings is 1. The van der Waals surface area contributed by atoms with Gasteiger partial charge in [0.15, 0.2) is 0 Å². The predicted molar refractivity (Wildman–Crippen MR) is 79.9 cm³/mol. The number of hydrogen-bond donors (Lipinski definition) is 0. The lowest BCUT2D eigenvalue weighted by Gasteiger charge is -2.38. The van der Waals surface area contributed by atoms with Crippen LogP contribution in [0.5, 0.6) is 0 Å². The third-order valence-electron chi connectivity index (χ3n) is 4.86. The standard InChI is InChI=1S/C17H19NO4/c1-11(19)22-14-10-6-9-13-15(20)18(16(21)17(13,14)2)12-7-4-3-5-8-12/h3-5,7-8,13-14H,6,9-10H2,1-2H3/t13-,14-,17+/m0/s1. The summed E-state index contributed by atoms with van der Waals surface area (Å²) in [7, 11) is 0. The Balaban J connectivity index is 2.01. The van der Waals surface area contributed by atoms with Gasteiger partial charge in [-0.05, 0) is 38.3 Å². The van der Waals surface area contributed by atoms with Gasteiger partial charge in [-0.25, -0.2) is 4.90 Å². The van der Waals surface area contributed by atoms with Crippen LogP contribution in [0.4, 0.5) is 5.69 Å². The monoisotopic (exact) mass is 301 g/mol. The highest BCUT2D eigenvalue weighted by molar-refractivity contribution is 6.23. The first kappa shape index (κ1) is 14.8. The smallest absolute Gasteiger partial charge is 0.302 e. The van der Waals surface area contributed by atoms with E-state index < -0.39 is 23.4 Å². The third kappa shape index (κ3) is 2.03. The van der Waals surface area contributed by atoms with E-state index in [-0.39, 0.29) is 11.8 Å². The van der Waals surface area contributed by atoms with Crippen LogP contribution in [0.1, 0.15) is 33.1 Å². The molecule has 1 heterocycles. The summed E-state index contributed by atoms with van der Waals surface area (Å²) in [6, 6.07) is 8.92. The number of hydrogen-bond acceptors (Lipinski definition) is 4. The van der Waals surface area contributed by atoms with Crippen LogP contribution in [-0.4, -0.2) is 23.9 Å². The van der Waals surface area contributed by atoms with Crippen molar-refractivity contribution in [2.45, 2.75) is 39.2 Å². The van der Waals surface area contributed by atoms with Gasteiger partial charge in [0, 0.05) is 6.92 Å². The maximum absolute atomic E-state index is 13.0. The molecule has 5 nitrogen and oxygen atoms in total. The Bertz CT molecular complexity index is 627. The highest BCUT2D eigenvalue weighted by atomic mass is 16.5. The zero-order valence-electron chi connectivity index (χ0n) is 12.7. The maximum Gasteiger partial charge on any atom is 0.302 e. The summed E-state index contributed by atoms with van der Waals surface area (Å²) in [5.74, 6) is -1.28. The van der Waals surface area contributed by atoms with Gasteiger partial charge in [0.05, 0.1) is 17.0 Å². The second-order valence-electron chi connectivity index (χ2n) is 6.18. The molecule has 0 unspecified atom stereocenters. The first-order valence-electron chi connectivity index (χ1n) is 7.57. The molecule has 2 amide bonds. The van der Waals surface area contributed by atoms with E-state index in [1.165, 1.54) is 11.8 Å². The number of para-hydroxylation sites is 1. The van der Waals surface area contributed by atoms with Gasteiger partial charge in [0.25, 0.3) is 0 Å². The molecule has 2 aliphatic rings. The number of esters is 1. The minimum Gasteiger partial charge on any atom is -0.461 e. The molecule has 0 spiro atoms. The third-order valence-corrected chi connectivity index (χ3v) is 4.86. The second-order valence-corrected chi connectivity index (χ2v) is 6.18. The molecule has 0 bridgehead atoms. The fraction of sp³-hybridized carbons (Fsp3) is 0.471. The van der Waals surface area contributed by atoms with E-state index in [0.29, 0.717) is 18.5 Å². The number of nitrogens with zero attached hydrogens (tertiary/aromatic N) is 1. The lowest BCUT2D eigenvalue weighted by atomic mass is 9.67. The van der Waals surface area contributed by atoms with Crippen molar-refractivity contribution in [2.75, 3.05) is 4.90 Å². The zero-order chi connectivity index (χ0) is 15.9. The van der Waals surface area contributed by atoms with Gasteiger partial charge in [-0.15, -0.1) is 0 Å². The van der Waals surface area contributed by atoms with Crippen molar-refractivity contribution < 1.29 is 19.1 Å². The van der Waals surface area contributed by atoms with E-state index in [4.69, 9.17) is 4.74 Å². The number of carbonyl (C=O) groups excluding carboxylic acids is 3. The molecule has 1 aromatic carbocycles. The van der Waals surface area contributed by atoms with Crippen LogP contribution in [0.15, 0.2) is 30.3 Å². The number of ether oxygens (including phenoxy) is 1. The largest absolute Gasteiger partial charge is 0.461 e. The first-order chi connectivity index (χ1) is 10.5. The molecule has 0 aromatic heterocycles. The Morgan fingerprint density at radius 2 is 1.91 bits per heavy atom. The maximum atomic E-state index is 13.0. The predicted octanol–water partition coefficient (Wildman–Crippen LogP) is 2.30. The van der Waals surface area contributed by atoms with Crippen LogP contribution in [0.3, 0.4) is 0 Å². The molecule has 0 N–H and O–H groups in total. The quantitative estimate of drug-likeness (QED) is 0.621. The Hall–Kier alpha value is -2.17. The Kier molecular flexibility index (Phi) is 3.51. The summed E-state index contributed by atoms with van der Waals surface area (Å²) >= 11 is 0. The molecule has 1 aliphatic heterocycles. The van der Waals surface area contributed by atoms with Crippen LogP contribution < -0.4 is 4.90 Å². The highest BCUT2D eigenvalue weighted by Crippen LogP contribution is 2.50. The zero-order valence-corrected chi connectivity index (χ0v) is 12.7. The molecule has 0 radical (unpaired) electrons. The van der Waals surface area contributed by atoms with Crippen molar-refractivity contribution in [3.05, 3.63) is 30.3 Å². The van der Waals surface area contributed by atoms with Crippen LogP contribution >= 0.6 is 0 Å². The second kappa shape index (κ2) is 5.23. The fourth-order valence-electron chi connectivity index (χ4n) is 3.70. The minimum atomic E-state index is -0.961. The van der Waals surface area contributed by atoms with Gasteiger partial charge in [-0.3, -0.25) is 14.4 Å². The van der Waals surface area contributed by atoms with Gasteiger partial charge in [0.2, 0.25) is 11.8 Å². The molecule has 3 rings (SSSR count). The minimum absolute atomic E-state index is 0.185. The SMILES string of the molecule is CC(=O)O[C@H]1CCC[C@H]2C(=O)N(c3ccccc3)C(=O)[C@@]12C. The van der Waals surface area contributed by atoms with Crippen LogP contribution in [0, 0.1) is 11.3 Å². The molecule has 116 valence electrons. The van der Waals surface area contributed by atoms with Crippen molar-refractivity contribution in [1.29, 1.82) is 0 Å². The molecule has 1 saturated heterocycles. The molecule has 22 heavy (non-hydrogen) atoms. The Morgan fingerprint density at radius 3 is 2.55 bits per heavy atom. The molecule has 3 atom stereocenters. The summed E-state index contributed by atoms with van der Waals surface area (Å²) in [5, 5.41) is 0. The van der Waals surface area contributed by atoms with Gasteiger partial charge < -0.3 is 4.74 Å².